The quantitative estimate of drug-likeness (QED) is 0.664. The largest absolute Gasteiger partial charge is 0.481 e. The van der Waals surface area contributed by atoms with Gasteiger partial charge in [-0.25, -0.2) is 0 Å². The van der Waals surface area contributed by atoms with E-state index in [4.69, 9.17) is 5.73 Å². The van der Waals surface area contributed by atoms with Gasteiger partial charge in [0.25, 0.3) is 0 Å². The van der Waals surface area contributed by atoms with E-state index in [0.717, 1.165) is 19.3 Å². The van der Waals surface area contributed by atoms with E-state index in [1.807, 2.05) is 0 Å². The van der Waals surface area contributed by atoms with Gasteiger partial charge in [0.1, 0.15) is 0 Å². The van der Waals surface area contributed by atoms with Crippen molar-refractivity contribution in [2.75, 3.05) is 0 Å². The zero-order valence-corrected chi connectivity index (χ0v) is 11.2. The topological polar surface area (TPSA) is 92.4 Å². The lowest BCUT2D eigenvalue weighted by Gasteiger charge is -2.27. The van der Waals surface area contributed by atoms with E-state index in [-0.39, 0.29) is 23.9 Å². The second kappa shape index (κ2) is 6.73. The third-order valence-corrected chi connectivity index (χ3v) is 3.74. The maximum Gasteiger partial charge on any atom is 0.306 e. The molecule has 0 aromatic heterocycles. The lowest BCUT2D eigenvalue weighted by molar-refractivity contribution is -0.143. The number of unbranched alkanes of at least 4 members (excludes halogenated alkanes) is 1. The Morgan fingerprint density at radius 3 is 2.61 bits per heavy atom. The average molecular weight is 256 g/mol. The Labute approximate surface area is 108 Å². The van der Waals surface area contributed by atoms with Crippen LogP contribution in [-0.2, 0) is 9.59 Å². The molecule has 0 aromatic carbocycles. The van der Waals surface area contributed by atoms with Gasteiger partial charge >= 0.3 is 5.97 Å². The summed E-state index contributed by atoms with van der Waals surface area (Å²) in [5, 5.41) is 12.1. The first-order valence-electron chi connectivity index (χ1n) is 6.71. The summed E-state index contributed by atoms with van der Waals surface area (Å²) < 4.78 is 0. The lowest BCUT2D eigenvalue weighted by atomic mass is 9.86. The summed E-state index contributed by atoms with van der Waals surface area (Å²) in [6.07, 6.45) is 4.06. The molecule has 1 aliphatic carbocycles. The number of nitrogens with one attached hydrogen (secondary N) is 1. The molecule has 0 saturated heterocycles. The molecule has 1 rings (SSSR count). The van der Waals surface area contributed by atoms with Gasteiger partial charge in [0, 0.05) is 19.0 Å². The van der Waals surface area contributed by atoms with Crippen molar-refractivity contribution in [1.82, 2.24) is 5.32 Å². The molecule has 1 aliphatic rings. The van der Waals surface area contributed by atoms with Crippen molar-refractivity contribution in [3.63, 3.8) is 0 Å². The predicted molar refractivity (Wildman–Crippen MR) is 69.0 cm³/mol. The fourth-order valence-corrected chi connectivity index (χ4v) is 2.92. The first-order valence-corrected chi connectivity index (χ1v) is 6.71. The molecule has 1 fully saturated rings. The Morgan fingerprint density at radius 1 is 1.44 bits per heavy atom. The smallest absolute Gasteiger partial charge is 0.306 e. The monoisotopic (exact) mass is 256 g/mol. The number of carboxylic acid groups (broad SMARTS) is 1. The fourth-order valence-electron chi connectivity index (χ4n) is 2.92. The molecule has 3 unspecified atom stereocenters. The third-order valence-electron chi connectivity index (χ3n) is 3.74. The van der Waals surface area contributed by atoms with Gasteiger partial charge in [-0.05, 0) is 25.2 Å². The first kappa shape index (κ1) is 15.0. The minimum Gasteiger partial charge on any atom is -0.481 e. The van der Waals surface area contributed by atoms with Crippen LogP contribution in [0.25, 0.3) is 0 Å². The average Bonchev–Trinajstić information content (AvgIpc) is 2.66. The van der Waals surface area contributed by atoms with Gasteiger partial charge in [-0.2, -0.15) is 0 Å². The highest BCUT2D eigenvalue weighted by atomic mass is 16.4. The van der Waals surface area contributed by atoms with Crippen LogP contribution in [0.5, 0.6) is 0 Å². The Balaban J connectivity index is 2.74. The van der Waals surface area contributed by atoms with E-state index in [9.17, 15) is 14.7 Å². The molecule has 0 heterocycles. The molecule has 104 valence electrons. The third kappa shape index (κ3) is 3.98. The number of carbonyl (C=O) groups excluding carboxylic acids is 1. The predicted octanol–water partition coefficient (Wildman–Crippen LogP) is 1.12. The Hall–Kier alpha value is -1.10. The van der Waals surface area contributed by atoms with Gasteiger partial charge in [-0.15, -0.1) is 0 Å². The van der Waals surface area contributed by atoms with E-state index < -0.39 is 11.9 Å². The minimum absolute atomic E-state index is 0.0343. The maximum atomic E-state index is 11.3. The van der Waals surface area contributed by atoms with Gasteiger partial charge in [-0.1, -0.05) is 19.8 Å². The Kier molecular flexibility index (Phi) is 5.59. The van der Waals surface area contributed by atoms with Crippen molar-refractivity contribution >= 4 is 11.9 Å². The van der Waals surface area contributed by atoms with E-state index in [0.29, 0.717) is 12.8 Å². The van der Waals surface area contributed by atoms with E-state index in [2.05, 4.69) is 12.2 Å². The molecule has 1 amide bonds. The van der Waals surface area contributed by atoms with E-state index in [1.165, 1.54) is 6.92 Å². The molecule has 5 heteroatoms. The molecule has 18 heavy (non-hydrogen) atoms. The van der Waals surface area contributed by atoms with Crippen molar-refractivity contribution in [2.45, 2.75) is 58.0 Å². The number of hydrogen-bond acceptors (Lipinski definition) is 3. The maximum absolute atomic E-state index is 11.3. The molecule has 0 aromatic rings. The summed E-state index contributed by atoms with van der Waals surface area (Å²) >= 11 is 0. The van der Waals surface area contributed by atoms with Gasteiger partial charge in [0.2, 0.25) is 5.91 Å². The summed E-state index contributed by atoms with van der Waals surface area (Å²) in [5.74, 6) is -1.35. The number of carboxylic acids is 1. The summed E-state index contributed by atoms with van der Waals surface area (Å²) in [6, 6.07) is -0.119. The molecule has 0 radical (unpaired) electrons. The van der Waals surface area contributed by atoms with Crippen LogP contribution >= 0.6 is 0 Å². The molecular formula is C13H24N2O3. The highest BCUT2D eigenvalue weighted by Crippen LogP contribution is 2.35. The highest BCUT2D eigenvalue weighted by Gasteiger charge is 2.41. The van der Waals surface area contributed by atoms with Crippen LogP contribution in [0.1, 0.15) is 46.0 Å². The number of aliphatic carboxylic acids is 1. The van der Waals surface area contributed by atoms with Crippen molar-refractivity contribution in [3.8, 4) is 0 Å². The normalized spacial score (nSPS) is 28.9. The van der Waals surface area contributed by atoms with Crippen LogP contribution < -0.4 is 11.1 Å². The van der Waals surface area contributed by atoms with Crippen LogP contribution in [0.15, 0.2) is 0 Å². The molecule has 4 N–H and O–H groups in total. The molecule has 0 bridgehead atoms. The van der Waals surface area contributed by atoms with Gasteiger partial charge in [0.05, 0.1) is 5.92 Å². The zero-order chi connectivity index (χ0) is 13.7. The number of nitrogens with two attached hydrogens (primary N) is 1. The highest BCUT2D eigenvalue weighted by molar-refractivity contribution is 5.74. The molecule has 0 spiro atoms. The molecule has 5 nitrogen and oxygen atoms in total. The standard InChI is InChI=1S/C13H24N2O3/c1-3-4-5-12(15-8(2)16)10-6-9(14)7-11(10)13(17)18/h9-12H,3-7,14H2,1-2H3,(H,15,16)(H,17,18)/t9-,10?,11?,12?/m0/s1. The van der Waals surface area contributed by atoms with Crippen molar-refractivity contribution < 1.29 is 14.7 Å². The molecule has 4 atom stereocenters. The van der Waals surface area contributed by atoms with Crippen LogP contribution in [0.2, 0.25) is 0 Å². The van der Waals surface area contributed by atoms with Crippen molar-refractivity contribution in [1.29, 1.82) is 0 Å². The fraction of sp³-hybridized carbons (Fsp3) is 0.846. The number of amides is 1. The second-order valence-corrected chi connectivity index (χ2v) is 5.29. The summed E-state index contributed by atoms with van der Waals surface area (Å²) in [6.45, 7) is 3.56. The van der Waals surface area contributed by atoms with Gasteiger partial charge in [0.15, 0.2) is 0 Å². The van der Waals surface area contributed by atoms with Crippen molar-refractivity contribution in [2.24, 2.45) is 17.6 Å². The zero-order valence-electron chi connectivity index (χ0n) is 11.2. The van der Waals surface area contributed by atoms with Crippen LogP contribution in [0.4, 0.5) is 0 Å². The van der Waals surface area contributed by atoms with Crippen molar-refractivity contribution in [3.05, 3.63) is 0 Å². The number of rotatable bonds is 6. The minimum atomic E-state index is -0.792. The number of carbonyl (C=O) groups is 2. The summed E-state index contributed by atoms with van der Waals surface area (Å²) in [4.78, 5) is 22.5. The van der Waals surface area contributed by atoms with E-state index >= 15 is 0 Å². The van der Waals surface area contributed by atoms with Crippen LogP contribution in [-0.4, -0.2) is 29.1 Å². The number of hydrogen-bond donors (Lipinski definition) is 3. The van der Waals surface area contributed by atoms with Crippen LogP contribution in [0.3, 0.4) is 0 Å². The Morgan fingerprint density at radius 2 is 2.11 bits per heavy atom. The summed E-state index contributed by atoms with van der Waals surface area (Å²) in [5.41, 5.74) is 5.87. The first-order chi connectivity index (χ1) is 8.45. The van der Waals surface area contributed by atoms with Gasteiger partial charge < -0.3 is 16.2 Å². The summed E-state index contributed by atoms with van der Waals surface area (Å²) in [7, 11) is 0. The molecular weight excluding hydrogens is 232 g/mol. The van der Waals surface area contributed by atoms with Crippen LogP contribution in [0, 0.1) is 11.8 Å². The molecule has 0 aliphatic heterocycles. The molecule has 1 saturated carbocycles. The van der Waals surface area contributed by atoms with E-state index in [1.54, 1.807) is 0 Å². The Bertz CT molecular complexity index is 307. The lowest BCUT2D eigenvalue weighted by Crippen LogP contribution is -2.42. The van der Waals surface area contributed by atoms with Gasteiger partial charge in [-0.3, -0.25) is 9.59 Å². The SMILES string of the molecule is CCCCC(NC(C)=O)C1C[C@H](N)CC1C(=O)O. The second-order valence-electron chi connectivity index (χ2n) is 5.29.